The molecule has 0 radical (unpaired) electrons. The summed E-state index contributed by atoms with van der Waals surface area (Å²) < 4.78 is 39.9. The van der Waals surface area contributed by atoms with Crippen LogP contribution in [0.5, 0.6) is 5.75 Å². The lowest BCUT2D eigenvalue weighted by atomic mass is 10.0. The lowest BCUT2D eigenvalue weighted by Crippen LogP contribution is -2.44. The van der Waals surface area contributed by atoms with Crippen molar-refractivity contribution >= 4 is 32.7 Å². The summed E-state index contributed by atoms with van der Waals surface area (Å²) in [5.74, 6) is -0.458. The first-order valence-corrected chi connectivity index (χ1v) is 11.2. The minimum Gasteiger partial charge on any atom is -0.497 e. The summed E-state index contributed by atoms with van der Waals surface area (Å²) in [6.07, 6.45) is 0.289. The third kappa shape index (κ3) is 5.15. The van der Waals surface area contributed by atoms with E-state index >= 15 is 0 Å². The highest BCUT2D eigenvalue weighted by molar-refractivity contribution is 7.89. The van der Waals surface area contributed by atoms with Crippen LogP contribution in [0.1, 0.15) is 20.3 Å². The van der Waals surface area contributed by atoms with Gasteiger partial charge in [0.25, 0.3) is 0 Å². The third-order valence-electron chi connectivity index (χ3n) is 4.73. The van der Waals surface area contributed by atoms with Gasteiger partial charge in [-0.05, 0) is 36.6 Å². The van der Waals surface area contributed by atoms with Gasteiger partial charge >= 0.3 is 5.76 Å². The van der Waals surface area contributed by atoms with Gasteiger partial charge in [-0.15, -0.1) is 0 Å². The number of methoxy groups -OCH3 is 1. The molecule has 0 aliphatic carbocycles. The molecule has 0 unspecified atom stereocenters. The number of carbonyl (C=O) groups excluding carboxylic acids is 1. The van der Waals surface area contributed by atoms with Crippen LogP contribution in [0.2, 0.25) is 0 Å². The predicted octanol–water partition coefficient (Wildman–Crippen LogP) is 2.47. The number of ether oxygens (including phenoxy) is 1. The maximum absolute atomic E-state index is 13.0. The van der Waals surface area contributed by atoms with Crippen molar-refractivity contribution in [1.82, 2.24) is 9.29 Å². The van der Waals surface area contributed by atoms with Gasteiger partial charge in [-0.25, -0.2) is 13.2 Å². The summed E-state index contributed by atoms with van der Waals surface area (Å²) in [7, 11) is -1.01. The number of anilines is 1. The highest BCUT2D eigenvalue weighted by atomic mass is 32.2. The molecule has 0 fully saturated rings. The van der Waals surface area contributed by atoms with E-state index in [9.17, 15) is 18.0 Å². The molecule has 9 nitrogen and oxygen atoms in total. The van der Waals surface area contributed by atoms with Gasteiger partial charge in [-0.2, -0.15) is 4.72 Å². The van der Waals surface area contributed by atoms with Gasteiger partial charge in [-0.3, -0.25) is 9.36 Å². The molecule has 1 aromatic heterocycles. The first-order chi connectivity index (χ1) is 14.6. The second kappa shape index (κ2) is 8.94. The van der Waals surface area contributed by atoms with Crippen molar-refractivity contribution in [2.45, 2.75) is 31.2 Å². The normalized spacial score (nSPS) is 12.8. The van der Waals surface area contributed by atoms with Crippen molar-refractivity contribution in [3.63, 3.8) is 0 Å². The molecule has 2 N–H and O–H groups in total. The van der Waals surface area contributed by atoms with Gasteiger partial charge in [-0.1, -0.05) is 19.9 Å². The second-order valence-corrected chi connectivity index (χ2v) is 9.30. The fourth-order valence-electron chi connectivity index (χ4n) is 3.15. The lowest BCUT2D eigenvalue weighted by Gasteiger charge is -2.20. The van der Waals surface area contributed by atoms with Crippen LogP contribution >= 0.6 is 0 Å². The smallest absolute Gasteiger partial charge is 0.419 e. The molecule has 3 aromatic rings. The molecular formula is C21H25N3O6S. The van der Waals surface area contributed by atoms with Crippen molar-refractivity contribution in [1.29, 1.82) is 0 Å². The minimum absolute atomic E-state index is 0.0541. The quantitative estimate of drug-likeness (QED) is 0.547. The first-order valence-electron chi connectivity index (χ1n) is 9.67. The molecule has 1 heterocycles. The van der Waals surface area contributed by atoms with Crippen LogP contribution < -0.4 is 20.5 Å². The van der Waals surface area contributed by atoms with E-state index in [0.717, 1.165) is 0 Å². The zero-order chi connectivity index (χ0) is 22.8. The number of benzene rings is 2. The Bertz CT molecular complexity index is 1260. The van der Waals surface area contributed by atoms with Crippen LogP contribution in [-0.4, -0.2) is 32.0 Å². The number of sulfonamides is 1. The van der Waals surface area contributed by atoms with E-state index < -0.39 is 27.7 Å². The van der Waals surface area contributed by atoms with E-state index in [-0.39, 0.29) is 22.8 Å². The first kappa shape index (κ1) is 22.6. The monoisotopic (exact) mass is 447 g/mol. The maximum Gasteiger partial charge on any atom is 0.419 e. The van der Waals surface area contributed by atoms with Crippen molar-refractivity contribution in [2.75, 3.05) is 12.4 Å². The van der Waals surface area contributed by atoms with E-state index in [1.165, 1.54) is 36.9 Å². The fraction of sp³-hybridized carbons (Fsp3) is 0.333. The van der Waals surface area contributed by atoms with Gasteiger partial charge in [0.1, 0.15) is 11.8 Å². The summed E-state index contributed by atoms with van der Waals surface area (Å²) in [6, 6.07) is 9.91. The Kier molecular flexibility index (Phi) is 6.51. The van der Waals surface area contributed by atoms with Crippen molar-refractivity contribution < 1.29 is 22.4 Å². The Balaban J connectivity index is 1.86. The number of hydrogen-bond donors (Lipinski definition) is 2. The van der Waals surface area contributed by atoms with E-state index in [1.54, 1.807) is 24.3 Å². The van der Waals surface area contributed by atoms with Crippen LogP contribution in [0.4, 0.5) is 5.69 Å². The number of oxazole rings is 1. The van der Waals surface area contributed by atoms with Gasteiger partial charge in [0.05, 0.1) is 17.5 Å². The number of hydrogen-bond acceptors (Lipinski definition) is 6. The predicted molar refractivity (Wildman–Crippen MR) is 117 cm³/mol. The van der Waals surface area contributed by atoms with Gasteiger partial charge < -0.3 is 14.5 Å². The zero-order valence-electron chi connectivity index (χ0n) is 17.7. The highest BCUT2D eigenvalue weighted by Crippen LogP contribution is 2.21. The summed E-state index contributed by atoms with van der Waals surface area (Å²) in [5, 5.41) is 2.73. The SMILES string of the molecule is COc1cccc(NC(=O)[C@H](CC(C)C)NS(=O)(=O)c2ccc3c(c2)oc(=O)n3C)c1. The van der Waals surface area contributed by atoms with Gasteiger partial charge in [0.2, 0.25) is 15.9 Å². The van der Waals surface area contributed by atoms with E-state index in [4.69, 9.17) is 9.15 Å². The van der Waals surface area contributed by atoms with Crippen LogP contribution in [0.3, 0.4) is 0 Å². The molecule has 0 saturated carbocycles. The van der Waals surface area contributed by atoms with Crippen LogP contribution in [-0.2, 0) is 21.9 Å². The summed E-state index contributed by atoms with van der Waals surface area (Å²) in [6.45, 7) is 3.79. The van der Waals surface area contributed by atoms with Crippen molar-refractivity contribution in [3.05, 3.63) is 53.0 Å². The van der Waals surface area contributed by atoms with Crippen LogP contribution in [0.25, 0.3) is 11.1 Å². The Morgan fingerprint density at radius 1 is 1.19 bits per heavy atom. The number of fused-ring (bicyclic) bond motifs is 1. The number of aryl methyl sites for hydroxylation is 1. The molecular weight excluding hydrogens is 422 g/mol. The summed E-state index contributed by atoms with van der Waals surface area (Å²) in [5.41, 5.74) is 1.11. The topological polar surface area (TPSA) is 120 Å². The molecule has 0 saturated heterocycles. The number of amides is 1. The van der Waals surface area contributed by atoms with Gasteiger partial charge in [0.15, 0.2) is 5.58 Å². The molecule has 1 amide bonds. The van der Waals surface area contributed by atoms with E-state index in [0.29, 0.717) is 17.0 Å². The molecule has 0 bridgehead atoms. The molecule has 166 valence electrons. The summed E-state index contributed by atoms with van der Waals surface area (Å²) >= 11 is 0. The average Bonchev–Trinajstić information content (AvgIpc) is 3.00. The minimum atomic E-state index is -4.06. The Morgan fingerprint density at radius 2 is 1.94 bits per heavy atom. The standard InChI is InChI=1S/C21H25N3O6S/c1-13(2)10-17(20(25)22-14-6-5-7-15(11-14)29-4)23-31(27,28)16-8-9-18-19(12-16)30-21(26)24(18)3/h5-9,11-13,17,23H,10H2,1-4H3,(H,22,25)/t17-/m0/s1. The lowest BCUT2D eigenvalue weighted by molar-refractivity contribution is -0.118. The number of aromatic nitrogens is 1. The average molecular weight is 448 g/mol. The van der Waals surface area contributed by atoms with Gasteiger partial charge in [0, 0.05) is 24.9 Å². The molecule has 0 aliphatic rings. The Hall–Kier alpha value is -3.11. The number of nitrogens with zero attached hydrogens (tertiary/aromatic N) is 1. The maximum atomic E-state index is 13.0. The Morgan fingerprint density at radius 3 is 2.61 bits per heavy atom. The molecule has 0 spiro atoms. The Labute approximate surface area is 180 Å². The van der Waals surface area contributed by atoms with E-state index in [2.05, 4.69) is 10.0 Å². The zero-order valence-corrected chi connectivity index (χ0v) is 18.5. The molecule has 2 aromatic carbocycles. The molecule has 3 rings (SSSR count). The van der Waals surface area contributed by atoms with E-state index in [1.807, 2.05) is 13.8 Å². The number of nitrogens with one attached hydrogen (secondary N) is 2. The second-order valence-electron chi connectivity index (χ2n) is 7.58. The number of carbonyl (C=O) groups is 1. The molecule has 0 aliphatic heterocycles. The molecule has 10 heteroatoms. The largest absolute Gasteiger partial charge is 0.497 e. The van der Waals surface area contributed by atoms with Crippen molar-refractivity contribution in [2.24, 2.45) is 13.0 Å². The molecule has 1 atom stereocenters. The number of rotatable bonds is 8. The van der Waals surface area contributed by atoms with Crippen LogP contribution in [0, 0.1) is 5.92 Å². The third-order valence-corrected chi connectivity index (χ3v) is 6.20. The fourth-order valence-corrected chi connectivity index (χ4v) is 4.37. The molecule has 31 heavy (non-hydrogen) atoms. The van der Waals surface area contributed by atoms with Crippen molar-refractivity contribution in [3.8, 4) is 5.75 Å². The highest BCUT2D eigenvalue weighted by Gasteiger charge is 2.27. The van der Waals surface area contributed by atoms with Crippen LogP contribution in [0.15, 0.2) is 56.6 Å². The summed E-state index contributed by atoms with van der Waals surface area (Å²) in [4.78, 5) is 24.5.